The Morgan fingerprint density at radius 3 is 2.35 bits per heavy atom. The molecule has 17 heavy (non-hydrogen) atoms. The molecule has 0 aliphatic carbocycles. The van der Waals surface area contributed by atoms with E-state index in [-0.39, 0.29) is 12.1 Å². The SMILES string of the molecule is [3H]c1cccc([3H])c1-c1ncc(-c2ccccc2)o1. The van der Waals surface area contributed by atoms with E-state index in [1.54, 1.807) is 24.4 Å². The summed E-state index contributed by atoms with van der Waals surface area (Å²) in [6.07, 6.45) is 1.62. The average Bonchev–Trinajstić information content (AvgIpc) is 2.89. The second-order valence-electron chi connectivity index (χ2n) is 3.59. The zero-order valence-corrected chi connectivity index (χ0v) is 9.05. The van der Waals surface area contributed by atoms with Crippen molar-refractivity contribution >= 4 is 0 Å². The molecule has 0 saturated heterocycles. The Kier molecular flexibility index (Phi) is 1.97. The van der Waals surface area contributed by atoms with Gasteiger partial charge in [0, 0.05) is 11.1 Å². The quantitative estimate of drug-likeness (QED) is 0.658. The van der Waals surface area contributed by atoms with Crippen molar-refractivity contribution in [2.45, 2.75) is 0 Å². The van der Waals surface area contributed by atoms with Crippen LogP contribution in [-0.4, -0.2) is 4.98 Å². The van der Waals surface area contributed by atoms with Crippen molar-refractivity contribution in [3.05, 3.63) is 66.8 Å². The third kappa shape index (κ3) is 1.97. The maximum Gasteiger partial charge on any atom is 0.226 e. The Bertz CT molecular complexity index is 687. The molecule has 0 radical (unpaired) electrons. The third-order valence-electron chi connectivity index (χ3n) is 2.43. The first-order valence-corrected chi connectivity index (χ1v) is 5.33. The molecule has 0 unspecified atom stereocenters. The maximum atomic E-state index is 7.84. The van der Waals surface area contributed by atoms with Crippen molar-refractivity contribution in [3.8, 4) is 22.8 Å². The molecule has 0 N–H and O–H groups in total. The van der Waals surface area contributed by atoms with Gasteiger partial charge in [0.05, 0.1) is 8.94 Å². The monoisotopic (exact) mass is 225 g/mol. The first-order chi connectivity index (χ1) is 9.25. The van der Waals surface area contributed by atoms with Gasteiger partial charge >= 0.3 is 0 Å². The van der Waals surface area contributed by atoms with Gasteiger partial charge in [0.2, 0.25) is 5.89 Å². The highest BCUT2D eigenvalue weighted by molar-refractivity contribution is 5.60. The van der Waals surface area contributed by atoms with E-state index in [1.807, 2.05) is 30.3 Å². The minimum Gasteiger partial charge on any atom is -0.436 e. The normalized spacial score (nSPS) is 12.0. The largest absolute Gasteiger partial charge is 0.436 e. The highest BCUT2D eigenvalue weighted by atomic mass is 16.4. The number of benzene rings is 2. The molecule has 0 atom stereocenters. The minimum atomic E-state index is 0.244. The molecule has 0 aliphatic rings. The summed E-state index contributed by atoms with van der Waals surface area (Å²) in [5.74, 6) is 0.952. The second kappa shape index (κ2) is 4.26. The molecule has 3 aromatic rings. The van der Waals surface area contributed by atoms with Crippen molar-refractivity contribution in [2.24, 2.45) is 0 Å². The van der Waals surface area contributed by atoms with E-state index in [9.17, 15) is 0 Å². The van der Waals surface area contributed by atoms with Gasteiger partial charge in [0.1, 0.15) is 0 Å². The van der Waals surface area contributed by atoms with Crippen LogP contribution in [0.1, 0.15) is 2.74 Å². The molecule has 0 aliphatic heterocycles. The van der Waals surface area contributed by atoms with Crippen LogP contribution in [0.4, 0.5) is 0 Å². The maximum absolute atomic E-state index is 7.84. The summed E-state index contributed by atoms with van der Waals surface area (Å²) in [7, 11) is 0. The van der Waals surface area contributed by atoms with Crippen LogP contribution in [0.3, 0.4) is 0 Å². The summed E-state index contributed by atoms with van der Waals surface area (Å²) in [5.41, 5.74) is 1.35. The topological polar surface area (TPSA) is 26.0 Å². The number of hydrogen-bond donors (Lipinski definition) is 0. The van der Waals surface area contributed by atoms with Crippen LogP contribution in [0.15, 0.2) is 71.2 Å². The van der Waals surface area contributed by atoms with Crippen molar-refractivity contribution in [1.29, 1.82) is 0 Å². The van der Waals surface area contributed by atoms with Crippen LogP contribution in [0.5, 0.6) is 0 Å². The van der Waals surface area contributed by atoms with Crippen LogP contribution >= 0.6 is 0 Å². The van der Waals surface area contributed by atoms with Crippen LogP contribution in [-0.2, 0) is 0 Å². The summed E-state index contributed by atoms with van der Waals surface area (Å²) in [6, 6.07) is 15.0. The van der Waals surface area contributed by atoms with Gasteiger partial charge in [-0.15, -0.1) is 0 Å². The Morgan fingerprint density at radius 2 is 1.59 bits per heavy atom. The predicted octanol–water partition coefficient (Wildman–Crippen LogP) is 4.01. The number of rotatable bonds is 2. The first-order valence-electron chi connectivity index (χ1n) is 6.33. The van der Waals surface area contributed by atoms with Crippen molar-refractivity contribution < 1.29 is 7.16 Å². The molecule has 0 amide bonds. The molecule has 1 heterocycles. The van der Waals surface area contributed by atoms with Crippen LogP contribution < -0.4 is 0 Å². The Morgan fingerprint density at radius 1 is 0.882 bits per heavy atom. The highest BCUT2D eigenvalue weighted by Crippen LogP contribution is 2.25. The average molecular weight is 225 g/mol. The number of aromatic nitrogens is 1. The molecule has 2 aromatic carbocycles. The van der Waals surface area contributed by atoms with Crippen molar-refractivity contribution in [1.82, 2.24) is 4.98 Å². The van der Waals surface area contributed by atoms with Crippen LogP contribution in [0.25, 0.3) is 22.8 Å². The van der Waals surface area contributed by atoms with Crippen molar-refractivity contribution in [3.63, 3.8) is 0 Å². The lowest BCUT2D eigenvalue weighted by molar-refractivity contribution is 0.589. The van der Waals surface area contributed by atoms with Gasteiger partial charge in [-0.2, -0.15) is 0 Å². The molecule has 3 rings (SSSR count). The fraction of sp³-hybridized carbons (Fsp3) is 0. The van der Waals surface area contributed by atoms with E-state index in [0.717, 1.165) is 5.56 Å². The summed E-state index contributed by atoms with van der Waals surface area (Å²) in [6.45, 7) is 0. The lowest BCUT2D eigenvalue weighted by Crippen LogP contribution is -1.73. The number of hydrogen-bond acceptors (Lipinski definition) is 2. The van der Waals surface area contributed by atoms with E-state index in [1.165, 1.54) is 0 Å². The van der Waals surface area contributed by atoms with Gasteiger partial charge in [-0.3, -0.25) is 0 Å². The van der Waals surface area contributed by atoms with Gasteiger partial charge in [0.25, 0.3) is 0 Å². The molecule has 0 saturated carbocycles. The number of oxazole rings is 1. The molecular formula is C15H11NO. The van der Waals surface area contributed by atoms with Crippen LogP contribution in [0, 0.1) is 0 Å². The Hall–Kier alpha value is -2.35. The first kappa shape index (κ1) is 7.85. The van der Waals surface area contributed by atoms with Crippen molar-refractivity contribution in [2.75, 3.05) is 0 Å². The highest BCUT2D eigenvalue weighted by Gasteiger charge is 2.06. The fourth-order valence-corrected chi connectivity index (χ4v) is 1.60. The molecule has 82 valence electrons. The lowest BCUT2D eigenvalue weighted by atomic mass is 10.2. The van der Waals surface area contributed by atoms with E-state index in [4.69, 9.17) is 7.16 Å². The summed E-state index contributed by atoms with van der Waals surface area (Å²) in [5, 5.41) is 0. The molecule has 2 nitrogen and oxygen atoms in total. The lowest BCUT2D eigenvalue weighted by Gasteiger charge is -1.95. The van der Waals surface area contributed by atoms with Gasteiger partial charge in [-0.1, -0.05) is 48.5 Å². The van der Waals surface area contributed by atoms with Gasteiger partial charge in [0.15, 0.2) is 5.76 Å². The Labute approximate surface area is 102 Å². The standard InChI is InChI=1S/C15H11NO/c1-3-7-12(8-4-1)14-11-16-15(17-14)13-9-5-2-6-10-13/h1-11H/i9T,10T. The molecule has 0 spiro atoms. The minimum absolute atomic E-state index is 0.244. The van der Waals surface area contributed by atoms with Gasteiger partial charge in [-0.25, -0.2) is 4.98 Å². The summed E-state index contributed by atoms with van der Waals surface area (Å²) >= 11 is 0. The Balaban J connectivity index is 2.07. The van der Waals surface area contributed by atoms with E-state index < -0.39 is 0 Å². The van der Waals surface area contributed by atoms with Gasteiger partial charge in [-0.05, 0) is 12.1 Å². The summed E-state index contributed by atoms with van der Waals surface area (Å²) < 4.78 is 21.4. The molecule has 0 fully saturated rings. The third-order valence-corrected chi connectivity index (χ3v) is 2.43. The smallest absolute Gasteiger partial charge is 0.226 e. The molecule has 1 aromatic heterocycles. The van der Waals surface area contributed by atoms with Crippen LogP contribution in [0.2, 0.25) is 0 Å². The molecule has 0 bridgehead atoms. The fourth-order valence-electron chi connectivity index (χ4n) is 1.60. The van der Waals surface area contributed by atoms with Gasteiger partial charge < -0.3 is 4.42 Å². The zero-order chi connectivity index (χ0) is 13.2. The predicted molar refractivity (Wildman–Crippen MR) is 67.4 cm³/mol. The number of nitrogens with zero attached hydrogens (tertiary/aromatic N) is 1. The van der Waals surface area contributed by atoms with E-state index in [0.29, 0.717) is 17.2 Å². The molecule has 2 heteroatoms. The second-order valence-corrected chi connectivity index (χ2v) is 3.59. The van der Waals surface area contributed by atoms with E-state index in [2.05, 4.69) is 4.98 Å². The molecular weight excluding hydrogens is 210 g/mol. The summed E-state index contributed by atoms with van der Waals surface area (Å²) in [4.78, 5) is 4.18. The zero-order valence-electron chi connectivity index (χ0n) is 11.1. The van der Waals surface area contributed by atoms with E-state index >= 15 is 0 Å².